The third kappa shape index (κ3) is 2.58. The molecule has 0 fully saturated rings. The third-order valence-corrected chi connectivity index (χ3v) is 2.53. The fourth-order valence-corrected chi connectivity index (χ4v) is 1.62. The monoisotopic (exact) mass is 235 g/mol. The van der Waals surface area contributed by atoms with Crippen LogP contribution in [-0.2, 0) is 13.5 Å². The van der Waals surface area contributed by atoms with Gasteiger partial charge >= 0.3 is 0 Å². The van der Waals surface area contributed by atoms with Crippen LogP contribution in [0, 0.1) is 0 Å². The zero-order chi connectivity index (χ0) is 12.3. The molecule has 2 aromatic heterocycles. The molecule has 0 saturated carbocycles. The summed E-state index contributed by atoms with van der Waals surface area (Å²) in [5, 5.41) is 11.4. The Labute approximate surface area is 100 Å². The molecule has 2 rings (SSSR count). The van der Waals surface area contributed by atoms with Crippen molar-refractivity contribution >= 4 is 11.9 Å². The molecule has 0 aliphatic heterocycles. The molecule has 6 heteroatoms. The lowest BCUT2D eigenvalue weighted by atomic mass is 10.2. The maximum atomic E-state index is 5.01. The Hall–Kier alpha value is -1.98. The molecule has 0 saturated heterocycles. The molecule has 0 atom stereocenters. The van der Waals surface area contributed by atoms with Crippen LogP contribution >= 0.6 is 0 Å². The van der Waals surface area contributed by atoms with E-state index in [1.165, 1.54) is 5.56 Å². The van der Waals surface area contributed by atoms with Crippen molar-refractivity contribution in [2.24, 2.45) is 7.05 Å². The first-order valence-corrected chi connectivity index (χ1v) is 5.50. The highest BCUT2D eigenvalue weighted by molar-refractivity contribution is 5.37. The van der Waals surface area contributed by atoms with Crippen LogP contribution in [0.5, 0.6) is 0 Å². The molecule has 0 unspecified atom stereocenters. The van der Waals surface area contributed by atoms with Gasteiger partial charge in [-0.2, -0.15) is 0 Å². The maximum Gasteiger partial charge on any atom is 0.227 e. The smallest absolute Gasteiger partial charge is 0.227 e. The standard InChI is InChI=1S/C11H17N5O/c1-15(2)11-14-13-10(16(11)3)12-6-4-9-5-7-17-8-9/h5,7-8H,4,6H2,1-3H3,(H,12,13). The Balaban J connectivity index is 1.91. The molecule has 0 amide bonds. The van der Waals surface area contributed by atoms with E-state index in [1.54, 1.807) is 12.5 Å². The van der Waals surface area contributed by atoms with Gasteiger partial charge in [0.05, 0.1) is 12.5 Å². The quantitative estimate of drug-likeness (QED) is 0.841. The second kappa shape index (κ2) is 4.90. The summed E-state index contributed by atoms with van der Waals surface area (Å²) < 4.78 is 6.93. The molecular formula is C11H17N5O. The number of hydrogen-bond donors (Lipinski definition) is 1. The fourth-order valence-electron chi connectivity index (χ4n) is 1.62. The zero-order valence-electron chi connectivity index (χ0n) is 10.3. The second-order valence-corrected chi connectivity index (χ2v) is 4.09. The molecular weight excluding hydrogens is 218 g/mol. The van der Waals surface area contributed by atoms with Crippen LogP contribution in [0.1, 0.15) is 5.56 Å². The van der Waals surface area contributed by atoms with Gasteiger partial charge in [-0.25, -0.2) is 0 Å². The van der Waals surface area contributed by atoms with E-state index in [2.05, 4.69) is 15.5 Å². The van der Waals surface area contributed by atoms with E-state index in [9.17, 15) is 0 Å². The summed E-state index contributed by atoms with van der Waals surface area (Å²) in [6.07, 6.45) is 4.34. The summed E-state index contributed by atoms with van der Waals surface area (Å²) in [6, 6.07) is 1.96. The number of hydrogen-bond acceptors (Lipinski definition) is 5. The minimum absolute atomic E-state index is 0.775. The molecule has 92 valence electrons. The van der Waals surface area contributed by atoms with Crippen molar-refractivity contribution in [1.82, 2.24) is 14.8 Å². The van der Waals surface area contributed by atoms with Crippen LogP contribution in [-0.4, -0.2) is 35.4 Å². The average Bonchev–Trinajstić information content (AvgIpc) is 2.89. The Bertz CT molecular complexity index is 460. The molecule has 0 aromatic carbocycles. The van der Waals surface area contributed by atoms with Gasteiger partial charge in [-0.05, 0) is 18.1 Å². The maximum absolute atomic E-state index is 5.01. The van der Waals surface area contributed by atoms with Crippen molar-refractivity contribution in [2.45, 2.75) is 6.42 Å². The lowest BCUT2D eigenvalue weighted by Crippen LogP contribution is -2.15. The largest absolute Gasteiger partial charge is 0.472 e. The summed E-state index contributed by atoms with van der Waals surface area (Å²) in [5.74, 6) is 1.60. The highest BCUT2D eigenvalue weighted by Crippen LogP contribution is 2.11. The van der Waals surface area contributed by atoms with Crippen molar-refractivity contribution in [1.29, 1.82) is 0 Å². The predicted octanol–water partition coefficient (Wildman–Crippen LogP) is 1.13. The molecule has 0 aliphatic rings. The van der Waals surface area contributed by atoms with E-state index in [0.717, 1.165) is 24.9 Å². The van der Waals surface area contributed by atoms with Gasteiger partial charge in [0.25, 0.3) is 0 Å². The van der Waals surface area contributed by atoms with Crippen LogP contribution in [0.3, 0.4) is 0 Å². The third-order valence-electron chi connectivity index (χ3n) is 2.53. The van der Waals surface area contributed by atoms with Crippen LogP contribution in [0.2, 0.25) is 0 Å². The number of nitrogens with zero attached hydrogens (tertiary/aromatic N) is 4. The summed E-state index contributed by atoms with van der Waals surface area (Å²) in [5.41, 5.74) is 1.17. The first kappa shape index (κ1) is 11.5. The zero-order valence-corrected chi connectivity index (χ0v) is 10.3. The van der Waals surface area contributed by atoms with Gasteiger partial charge in [-0.15, -0.1) is 10.2 Å². The molecule has 17 heavy (non-hydrogen) atoms. The molecule has 1 N–H and O–H groups in total. The summed E-state index contributed by atoms with van der Waals surface area (Å²) in [6.45, 7) is 0.804. The van der Waals surface area contributed by atoms with Crippen molar-refractivity contribution < 1.29 is 4.42 Å². The number of furan rings is 1. The van der Waals surface area contributed by atoms with Gasteiger partial charge in [-0.1, -0.05) is 0 Å². The molecule has 0 bridgehead atoms. The van der Waals surface area contributed by atoms with Crippen LogP contribution in [0.4, 0.5) is 11.9 Å². The minimum Gasteiger partial charge on any atom is -0.472 e. The van der Waals surface area contributed by atoms with Crippen molar-refractivity contribution in [3.05, 3.63) is 24.2 Å². The summed E-state index contributed by atoms with van der Waals surface area (Å²) >= 11 is 0. The normalized spacial score (nSPS) is 10.5. The highest BCUT2D eigenvalue weighted by atomic mass is 16.3. The Morgan fingerprint density at radius 2 is 2.24 bits per heavy atom. The van der Waals surface area contributed by atoms with Crippen molar-refractivity contribution in [2.75, 3.05) is 30.9 Å². The number of rotatable bonds is 5. The summed E-state index contributed by atoms with van der Waals surface area (Å²) in [7, 11) is 5.83. The number of anilines is 2. The van der Waals surface area contributed by atoms with E-state index >= 15 is 0 Å². The van der Waals surface area contributed by atoms with Gasteiger partial charge in [0.15, 0.2) is 0 Å². The molecule has 2 heterocycles. The van der Waals surface area contributed by atoms with Crippen LogP contribution in [0.15, 0.2) is 23.0 Å². The molecule has 0 aliphatic carbocycles. The van der Waals surface area contributed by atoms with E-state index in [-0.39, 0.29) is 0 Å². The Morgan fingerprint density at radius 3 is 2.82 bits per heavy atom. The average molecular weight is 235 g/mol. The second-order valence-electron chi connectivity index (χ2n) is 4.09. The van der Waals surface area contributed by atoms with Gasteiger partial charge < -0.3 is 14.6 Å². The Morgan fingerprint density at radius 1 is 1.41 bits per heavy atom. The van der Waals surface area contributed by atoms with Crippen molar-refractivity contribution in [3.63, 3.8) is 0 Å². The SMILES string of the molecule is CN(C)c1nnc(NCCc2ccoc2)n1C. The lowest BCUT2D eigenvalue weighted by Gasteiger charge is -2.11. The van der Waals surface area contributed by atoms with Crippen LogP contribution < -0.4 is 10.2 Å². The topological polar surface area (TPSA) is 59.1 Å². The van der Waals surface area contributed by atoms with Gasteiger partial charge in [0.2, 0.25) is 11.9 Å². The van der Waals surface area contributed by atoms with E-state index < -0.39 is 0 Å². The first-order valence-electron chi connectivity index (χ1n) is 5.50. The molecule has 0 radical (unpaired) electrons. The highest BCUT2D eigenvalue weighted by Gasteiger charge is 2.08. The molecule has 0 spiro atoms. The Kier molecular flexibility index (Phi) is 3.32. The van der Waals surface area contributed by atoms with Gasteiger partial charge in [0, 0.05) is 27.7 Å². The molecule has 2 aromatic rings. The lowest BCUT2D eigenvalue weighted by molar-refractivity contribution is 0.564. The van der Waals surface area contributed by atoms with E-state index in [0.29, 0.717) is 0 Å². The summed E-state index contributed by atoms with van der Waals surface area (Å²) in [4.78, 5) is 1.92. The first-order chi connectivity index (χ1) is 8.18. The van der Waals surface area contributed by atoms with E-state index in [1.807, 2.05) is 36.7 Å². The predicted molar refractivity (Wildman–Crippen MR) is 66.2 cm³/mol. The van der Waals surface area contributed by atoms with Gasteiger partial charge in [0.1, 0.15) is 0 Å². The fraction of sp³-hybridized carbons (Fsp3) is 0.455. The van der Waals surface area contributed by atoms with Crippen LogP contribution in [0.25, 0.3) is 0 Å². The van der Waals surface area contributed by atoms with Crippen molar-refractivity contribution in [3.8, 4) is 0 Å². The minimum atomic E-state index is 0.775. The number of aromatic nitrogens is 3. The van der Waals surface area contributed by atoms with Gasteiger partial charge in [-0.3, -0.25) is 4.57 Å². The molecule has 6 nitrogen and oxygen atoms in total. The van der Waals surface area contributed by atoms with E-state index in [4.69, 9.17) is 4.42 Å². The number of nitrogens with one attached hydrogen (secondary N) is 1.